The van der Waals surface area contributed by atoms with Gasteiger partial charge in [0.25, 0.3) is 15.0 Å². The fourth-order valence-electron chi connectivity index (χ4n) is 2.00. The Morgan fingerprint density at radius 2 is 1.95 bits per heavy atom. The summed E-state index contributed by atoms with van der Waals surface area (Å²) < 4.78 is 37.0. The Kier molecular flexibility index (Phi) is 5.75. The van der Waals surface area contributed by atoms with E-state index in [-0.39, 0.29) is 21.9 Å². The van der Waals surface area contributed by atoms with Gasteiger partial charge in [-0.25, -0.2) is 12.8 Å². The molecule has 0 saturated carbocycles. The first-order valence-corrected chi connectivity index (χ1v) is 8.93. The fraction of sp³-hybridized carbons (Fsp3) is 0.500. The molecule has 0 aliphatic rings. The third-order valence-corrected chi connectivity index (χ3v) is 4.33. The molecule has 0 N–H and O–H groups in total. The largest absolute Gasteiger partial charge is 0.339 e. The first kappa shape index (κ1) is 17.9. The van der Waals surface area contributed by atoms with Crippen molar-refractivity contribution in [2.45, 2.75) is 32.6 Å². The van der Waals surface area contributed by atoms with Crippen molar-refractivity contribution in [3.8, 4) is 0 Å². The van der Waals surface area contributed by atoms with Crippen LogP contribution in [0.15, 0.2) is 17.0 Å². The summed E-state index contributed by atoms with van der Waals surface area (Å²) >= 11 is 0. The van der Waals surface area contributed by atoms with E-state index in [9.17, 15) is 17.6 Å². The SMILES string of the molecule is CCN(CC(C)C)C(=O)c1cc(S(=O)(=O)Cl)cc(C)c1F. The molecule has 1 amide bonds. The van der Waals surface area contributed by atoms with E-state index >= 15 is 0 Å². The highest BCUT2D eigenvalue weighted by atomic mass is 35.7. The fourth-order valence-corrected chi connectivity index (χ4v) is 2.84. The lowest BCUT2D eigenvalue weighted by Gasteiger charge is -2.23. The molecule has 118 valence electrons. The summed E-state index contributed by atoms with van der Waals surface area (Å²) in [5, 5.41) is 0. The highest BCUT2D eigenvalue weighted by Gasteiger charge is 2.23. The molecule has 21 heavy (non-hydrogen) atoms. The predicted molar refractivity (Wildman–Crippen MR) is 80.6 cm³/mol. The smallest absolute Gasteiger partial charge is 0.261 e. The molecule has 0 atom stereocenters. The van der Waals surface area contributed by atoms with Crippen LogP contribution in [0.25, 0.3) is 0 Å². The Morgan fingerprint density at radius 1 is 1.38 bits per heavy atom. The van der Waals surface area contributed by atoms with E-state index in [0.717, 1.165) is 12.1 Å². The van der Waals surface area contributed by atoms with Crippen LogP contribution in [0.2, 0.25) is 0 Å². The molecule has 1 rings (SSSR count). The minimum Gasteiger partial charge on any atom is -0.339 e. The number of aryl methyl sites for hydroxylation is 1. The molecule has 1 aromatic carbocycles. The topological polar surface area (TPSA) is 54.5 Å². The number of halogens is 2. The zero-order valence-corrected chi connectivity index (χ0v) is 14.1. The third kappa shape index (κ3) is 4.41. The summed E-state index contributed by atoms with van der Waals surface area (Å²) in [7, 11) is 1.26. The van der Waals surface area contributed by atoms with Gasteiger partial charge in [-0.1, -0.05) is 13.8 Å². The van der Waals surface area contributed by atoms with Gasteiger partial charge < -0.3 is 4.90 Å². The summed E-state index contributed by atoms with van der Waals surface area (Å²) in [6, 6.07) is 2.11. The van der Waals surface area contributed by atoms with Crippen LogP contribution < -0.4 is 0 Å². The van der Waals surface area contributed by atoms with E-state index in [0.29, 0.717) is 13.1 Å². The van der Waals surface area contributed by atoms with Gasteiger partial charge in [0.1, 0.15) is 5.82 Å². The number of rotatable bonds is 5. The van der Waals surface area contributed by atoms with Gasteiger partial charge in [0.05, 0.1) is 10.5 Å². The predicted octanol–water partition coefficient (Wildman–Crippen LogP) is 3.18. The first-order valence-electron chi connectivity index (χ1n) is 6.62. The van der Waals surface area contributed by atoms with Crippen molar-refractivity contribution in [3.05, 3.63) is 29.1 Å². The molecule has 0 bridgehead atoms. The second-order valence-corrected chi connectivity index (χ2v) is 7.84. The summed E-state index contributed by atoms with van der Waals surface area (Å²) in [5.74, 6) is -1.03. The van der Waals surface area contributed by atoms with Gasteiger partial charge in [0.2, 0.25) is 0 Å². The summed E-state index contributed by atoms with van der Waals surface area (Å²) in [6.07, 6.45) is 0. The van der Waals surface area contributed by atoms with Crippen molar-refractivity contribution in [2.75, 3.05) is 13.1 Å². The number of hydrogen-bond acceptors (Lipinski definition) is 3. The Labute approximate surface area is 129 Å². The number of benzene rings is 1. The molecule has 0 aromatic heterocycles. The number of amides is 1. The maximum Gasteiger partial charge on any atom is 0.261 e. The van der Waals surface area contributed by atoms with Gasteiger partial charge in [-0.2, -0.15) is 0 Å². The standard InChI is InChI=1S/C14H19ClFNO3S/c1-5-17(8-9(2)3)14(18)12-7-11(21(15,19)20)6-10(4)13(12)16/h6-7,9H,5,8H2,1-4H3. The zero-order valence-electron chi connectivity index (χ0n) is 12.5. The second-order valence-electron chi connectivity index (χ2n) is 5.28. The number of carbonyl (C=O) groups is 1. The Bertz CT molecular complexity index is 644. The van der Waals surface area contributed by atoms with Crippen molar-refractivity contribution in [3.63, 3.8) is 0 Å². The van der Waals surface area contributed by atoms with E-state index in [1.807, 2.05) is 13.8 Å². The highest BCUT2D eigenvalue weighted by Crippen LogP contribution is 2.23. The van der Waals surface area contributed by atoms with E-state index in [1.165, 1.54) is 11.8 Å². The maximum atomic E-state index is 14.2. The molecule has 1 aromatic rings. The molecule has 4 nitrogen and oxygen atoms in total. The maximum absolute atomic E-state index is 14.2. The molecule has 0 unspecified atom stereocenters. The van der Waals surface area contributed by atoms with Crippen molar-refractivity contribution in [2.24, 2.45) is 5.92 Å². The monoisotopic (exact) mass is 335 g/mol. The molecule has 0 saturated heterocycles. The van der Waals surface area contributed by atoms with Crippen LogP contribution in [-0.4, -0.2) is 32.3 Å². The van der Waals surface area contributed by atoms with Crippen LogP contribution in [0, 0.1) is 18.7 Å². The lowest BCUT2D eigenvalue weighted by Crippen LogP contribution is -2.34. The van der Waals surface area contributed by atoms with Crippen LogP contribution in [0.4, 0.5) is 4.39 Å². The van der Waals surface area contributed by atoms with E-state index in [1.54, 1.807) is 6.92 Å². The number of carbonyl (C=O) groups excluding carboxylic acids is 1. The molecule has 0 aliphatic carbocycles. The zero-order chi connectivity index (χ0) is 16.4. The Hall–Kier alpha value is -1.14. The Balaban J connectivity index is 3.35. The minimum absolute atomic E-state index is 0.0701. The van der Waals surface area contributed by atoms with Gasteiger partial charge in [0.15, 0.2) is 0 Å². The average molecular weight is 336 g/mol. The highest BCUT2D eigenvalue weighted by molar-refractivity contribution is 8.13. The lowest BCUT2D eigenvalue weighted by atomic mass is 10.1. The third-order valence-electron chi connectivity index (χ3n) is 2.99. The Morgan fingerprint density at radius 3 is 2.38 bits per heavy atom. The van der Waals surface area contributed by atoms with E-state index in [2.05, 4.69) is 0 Å². The quantitative estimate of drug-likeness (QED) is 0.776. The van der Waals surface area contributed by atoms with Crippen molar-refractivity contribution in [1.29, 1.82) is 0 Å². The molecular weight excluding hydrogens is 317 g/mol. The second kappa shape index (κ2) is 6.75. The van der Waals surface area contributed by atoms with Crippen LogP contribution in [-0.2, 0) is 9.05 Å². The average Bonchev–Trinajstić information content (AvgIpc) is 2.36. The lowest BCUT2D eigenvalue weighted by molar-refractivity contribution is 0.0740. The molecular formula is C14H19ClFNO3S. The van der Waals surface area contributed by atoms with Gasteiger partial charge in [0, 0.05) is 23.8 Å². The van der Waals surface area contributed by atoms with E-state index < -0.39 is 20.8 Å². The number of hydrogen-bond donors (Lipinski definition) is 0. The van der Waals surface area contributed by atoms with Gasteiger partial charge in [-0.15, -0.1) is 0 Å². The van der Waals surface area contributed by atoms with Gasteiger partial charge >= 0.3 is 0 Å². The van der Waals surface area contributed by atoms with Crippen molar-refractivity contribution < 1.29 is 17.6 Å². The van der Waals surface area contributed by atoms with Crippen LogP contribution in [0.3, 0.4) is 0 Å². The van der Waals surface area contributed by atoms with Crippen LogP contribution in [0.1, 0.15) is 36.7 Å². The molecule has 0 aliphatic heterocycles. The summed E-state index contributed by atoms with van der Waals surface area (Å²) in [4.78, 5) is 13.6. The van der Waals surface area contributed by atoms with Crippen molar-refractivity contribution >= 4 is 25.6 Å². The minimum atomic E-state index is -4.02. The van der Waals surface area contributed by atoms with Gasteiger partial charge in [-0.3, -0.25) is 4.79 Å². The molecule has 7 heteroatoms. The first-order chi connectivity index (χ1) is 9.57. The van der Waals surface area contributed by atoms with Gasteiger partial charge in [-0.05, 0) is 37.5 Å². The van der Waals surface area contributed by atoms with Crippen LogP contribution in [0.5, 0.6) is 0 Å². The normalized spacial score (nSPS) is 11.8. The van der Waals surface area contributed by atoms with Crippen molar-refractivity contribution in [1.82, 2.24) is 4.90 Å². The molecule has 0 radical (unpaired) electrons. The molecule has 0 spiro atoms. The molecule has 0 fully saturated rings. The molecule has 0 heterocycles. The number of nitrogens with zero attached hydrogens (tertiary/aromatic N) is 1. The van der Waals surface area contributed by atoms with E-state index in [4.69, 9.17) is 10.7 Å². The summed E-state index contributed by atoms with van der Waals surface area (Å²) in [5.41, 5.74) is -0.197. The summed E-state index contributed by atoms with van der Waals surface area (Å²) in [6.45, 7) is 7.94. The van der Waals surface area contributed by atoms with Crippen LogP contribution >= 0.6 is 10.7 Å².